The van der Waals surface area contributed by atoms with Gasteiger partial charge in [-0.3, -0.25) is 0 Å². The molecule has 6 heterocycles. The Morgan fingerprint density at radius 3 is 1.16 bits per heavy atom. The van der Waals surface area contributed by atoms with Gasteiger partial charge >= 0.3 is 0 Å². The van der Waals surface area contributed by atoms with Crippen LogP contribution >= 0.6 is 22.7 Å². The summed E-state index contributed by atoms with van der Waals surface area (Å²) in [6.07, 6.45) is 8.75. The number of aromatic nitrogens is 3. The second-order valence-corrected chi connectivity index (χ2v) is 17.7. The van der Waals surface area contributed by atoms with E-state index in [1.54, 1.807) is 0 Å². The van der Waals surface area contributed by atoms with Crippen LogP contribution in [0.5, 0.6) is 0 Å². The van der Waals surface area contributed by atoms with Crippen molar-refractivity contribution in [2.24, 2.45) is 0 Å². The summed E-state index contributed by atoms with van der Waals surface area (Å²) in [4.78, 5) is 14.5. The van der Waals surface area contributed by atoms with Crippen LogP contribution in [0.1, 0.15) is 56.2 Å². The molecule has 0 amide bonds. The van der Waals surface area contributed by atoms with Crippen molar-refractivity contribution >= 4 is 98.4 Å². The average molecular weight is 772 g/mol. The smallest absolute Gasteiger partial charge is 0.0730 e. The average Bonchev–Trinajstić information content (AvgIpc) is 4.05. The van der Waals surface area contributed by atoms with Crippen molar-refractivity contribution in [2.45, 2.75) is 41.5 Å². The van der Waals surface area contributed by atoms with Crippen LogP contribution < -0.4 is 0 Å². The van der Waals surface area contributed by atoms with E-state index in [4.69, 9.17) is 9.97 Å². The number of aromatic amines is 1. The maximum absolute atomic E-state index is 5.38. The lowest BCUT2D eigenvalue weighted by Gasteiger charge is -2.13. The van der Waals surface area contributed by atoms with E-state index in [1.165, 1.54) is 74.4 Å². The lowest BCUT2D eigenvalue weighted by atomic mass is 9.93. The highest BCUT2D eigenvalue weighted by Gasteiger charge is 2.18. The number of nitrogens with one attached hydrogen (secondary N) is 1. The van der Waals surface area contributed by atoms with Gasteiger partial charge in [0.25, 0.3) is 0 Å². The van der Waals surface area contributed by atoms with Crippen LogP contribution in [-0.2, 0) is 0 Å². The molecule has 14 bridgehead atoms. The molecule has 0 atom stereocenters. The molecular weight excluding hydrogens is 731 g/mol. The van der Waals surface area contributed by atoms with Crippen LogP contribution in [0.3, 0.4) is 0 Å². The van der Waals surface area contributed by atoms with Crippen molar-refractivity contribution < 1.29 is 0 Å². The van der Waals surface area contributed by atoms with Crippen LogP contribution in [0.15, 0.2) is 109 Å². The van der Waals surface area contributed by atoms with Crippen LogP contribution in [0.25, 0.3) is 97.9 Å². The molecule has 1 N–H and O–H groups in total. The molecule has 0 saturated heterocycles. The van der Waals surface area contributed by atoms with Crippen molar-refractivity contribution in [3.63, 3.8) is 0 Å². The second-order valence-electron chi connectivity index (χ2n) is 15.5. The van der Waals surface area contributed by atoms with E-state index >= 15 is 0 Å². The molecule has 2 aliphatic heterocycles. The van der Waals surface area contributed by atoms with Gasteiger partial charge in [-0.25, -0.2) is 9.97 Å². The molecule has 0 saturated carbocycles. The van der Waals surface area contributed by atoms with Crippen LogP contribution in [-0.4, -0.2) is 15.0 Å². The van der Waals surface area contributed by atoms with Gasteiger partial charge in [-0.1, -0.05) is 71.8 Å². The van der Waals surface area contributed by atoms with Gasteiger partial charge in [-0.05, 0) is 159 Å². The summed E-state index contributed by atoms with van der Waals surface area (Å²) in [5.41, 5.74) is 18.5. The molecular formula is C52H41N3S2. The fourth-order valence-electron chi connectivity index (χ4n) is 8.86. The summed E-state index contributed by atoms with van der Waals surface area (Å²) in [6, 6.07) is 40.1. The molecule has 0 radical (unpaired) electrons. The second kappa shape index (κ2) is 13.8. The fourth-order valence-corrected chi connectivity index (χ4v) is 11.1. The summed E-state index contributed by atoms with van der Waals surface area (Å²) >= 11 is 3.69. The molecule has 4 aromatic heterocycles. The van der Waals surface area contributed by atoms with E-state index in [0.29, 0.717) is 0 Å². The zero-order valence-corrected chi connectivity index (χ0v) is 34.5. The maximum Gasteiger partial charge on any atom is 0.0730 e. The predicted octanol–water partition coefficient (Wildman–Crippen LogP) is 15.2. The third-order valence-electron chi connectivity index (χ3n) is 11.2. The van der Waals surface area contributed by atoms with E-state index in [9.17, 15) is 0 Å². The molecule has 8 aromatic rings. The molecule has 276 valence electrons. The summed E-state index contributed by atoms with van der Waals surface area (Å²) in [7, 11) is 0. The Morgan fingerprint density at radius 1 is 0.368 bits per heavy atom. The Labute approximate surface area is 340 Å². The standard InChI is InChI=1S/C52H41N3S2/c1-29-23-31(3)49(32(4)24-29)51-43-17-15-41(54-43)37-11-7-9-35(27-37)39-13-14-40(53-39)36-10-8-12-38(28-36)42-16-18-44(55-42)52(50-33(5)25-30(2)26-34(50)6)48-22-20-46(57-48)45-19-21-47(51)56-45/h7-28,53H,1-6H3. The van der Waals surface area contributed by atoms with Crippen LogP contribution in [0, 0.1) is 41.5 Å². The molecule has 0 spiro atoms. The van der Waals surface area contributed by atoms with Crippen molar-refractivity contribution in [3.8, 4) is 22.3 Å². The lowest BCUT2D eigenvalue weighted by molar-refractivity contribution is 1.30. The Balaban J connectivity index is 1.35. The Kier molecular flexibility index (Phi) is 8.55. The van der Waals surface area contributed by atoms with Gasteiger partial charge < -0.3 is 4.98 Å². The maximum atomic E-state index is 5.38. The molecule has 3 nitrogen and oxygen atoms in total. The van der Waals surface area contributed by atoms with Gasteiger partial charge in [-0.15, -0.1) is 22.7 Å². The van der Waals surface area contributed by atoms with Gasteiger partial charge in [0.15, 0.2) is 0 Å². The number of thiophene rings is 2. The number of H-pyrrole nitrogens is 1. The van der Waals surface area contributed by atoms with Crippen molar-refractivity contribution in [1.29, 1.82) is 0 Å². The normalized spacial score (nSPS) is 12.2. The first-order chi connectivity index (χ1) is 27.7. The van der Waals surface area contributed by atoms with Gasteiger partial charge in [0.2, 0.25) is 0 Å². The number of hydrogen-bond acceptors (Lipinski definition) is 4. The minimum absolute atomic E-state index is 0.968. The van der Waals surface area contributed by atoms with E-state index in [1.807, 2.05) is 22.7 Å². The van der Waals surface area contributed by atoms with Crippen LogP contribution in [0.2, 0.25) is 0 Å². The van der Waals surface area contributed by atoms with Gasteiger partial charge in [0.1, 0.15) is 0 Å². The Bertz CT molecular complexity index is 3050. The van der Waals surface area contributed by atoms with Gasteiger partial charge in [0, 0.05) is 51.7 Å². The Morgan fingerprint density at radius 2 is 0.737 bits per heavy atom. The van der Waals surface area contributed by atoms with E-state index in [0.717, 1.165) is 55.4 Å². The summed E-state index contributed by atoms with van der Waals surface area (Å²) in [6.45, 7) is 13.3. The molecule has 0 aliphatic carbocycles. The minimum Gasteiger partial charge on any atom is -0.355 e. The largest absolute Gasteiger partial charge is 0.355 e. The minimum atomic E-state index is 0.968. The topological polar surface area (TPSA) is 41.6 Å². The van der Waals surface area contributed by atoms with Gasteiger partial charge in [-0.2, -0.15) is 0 Å². The van der Waals surface area contributed by atoms with E-state index < -0.39 is 0 Å². The number of benzene rings is 4. The first-order valence-corrected chi connectivity index (χ1v) is 21.1. The summed E-state index contributed by atoms with van der Waals surface area (Å²) in [5, 5.41) is 4.43. The van der Waals surface area contributed by atoms with E-state index in [-0.39, 0.29) is 0 Å². The van der Waals surface area contributed by atoms with Crippen molar-refractivity contribution in [3.05, 3.63) is 165 Å². The number of fused-ring (bicyclic) bond motifs is 19. The third-order valence-corrected chi connectivity index (χ3v) is 13.6. The number of nitrogens with zero attached hydrogens (tertiary/aromatic N) is 2. The SMILES string of the molecule is Cc1cc(C)c(-c2c3nc(c4cccc(c4)c4ccc([nH]4)c4cccc(c4)c4nc(c(-c5c(C)cc(C)cc5C)c5ccc(s5)c5ccc2s5)C=C4)C=C3)c(C)c1. The van der Waals surface area contributed by atoms with E-state index in [2.05, 4.69) is 180 Å². The number of hydrogen-bond donors (Lipinski definition) is 1. The first kappa shape index (κ1) is 35.3. The molecule has 0 unspecified atom stereocenters. The predicted molar refractivity (Wildman–Crippen MR) is 250 cm³/mol. The summed E-state index contributed by atoms with van der Waals surface area (Å²) < 4.78 is 4.91. The summed E-state index contributed by atoms with van der Waals surface area (Å²) in [5.74, 6) is 0. The van der Waals surface area contributed by atoms with Crippen molar-refractivity contribution in [2.75, 3.05) is 0 Å². The number of aryl methyl sites for hydroxylation is 6. The highest BCUT2D eigenvalue weighted by atomic mass is 32.1. The first-order valence-electron chi connectivity index (χ1n) is 19.5. The highest BCUT2D eigenvalue weighted by molar-refractivity contribution is 7.31. The highest BCUT2D eigenvalue weighted by Crippen LogP contribution is 2.42. The molecule has 10 rings (SSSR count). The number of rotatable bonds is 2. The quantitative estimate of drug-likeness (QED) is 0.190. The zero-order chi connectivity index (χ0) is 38.9. The molecule has 2 aliphatic rings. The molecule has 4 aromatic carbocycles. The molecule has 0 fully saturated rings. The Hall–Kier alpha value is -6.14. The van der Waals surface area contributed by atoms with Crippen molar-refractivity contribution in [1.82, 2.24) is 15.0 Å². The lowest BCUT2D eigenvalue weighted by Crippen LogP contribution is -1.92. The van der Waals surface area contributed by atoms with Crippen LogP contribution in [0.4, 0.5) is 0 Å². The molecule has 57 heavy (non-hydrogen) atoms. The molecule has 5 heteroatoms. The third kappa shape index (κ3) is 6.28. The monoisotopic (exact) mass is 771 g/mol. The van der Waals surface area contributed by atoms with Gasteiger partial charge in [0.05, 0.1) is 22.8 Å². The fraction of sp³-hybridized carbons (Fsp3) is 0.115. The zero-order valence-electron chi connectivity index (χ0n) is 32.9.